The fourth-order valence-corrected chi connectivity index (χ4v) is 3.10. The van der Waals surface area contributed by atoms with Gasteiger partial charge in [-0.05, 0) is 30.7 Å². The number of hydrogen-bond acceptors (Lipinski definition) is 3. The van der Waals surface area contributed by atoms with Crippen LogP contribution in [0.1, 0.15) is 17.2 Å². The van der Waals surface area contributed by atoms with E-state index in [4.69, 9.17) is 0 Å². The van der Waals surface area contributed by atoms with Crippen LogP contribution in [-0.2, 0) is 14.8 Å². The van der Waals surface area contributed by atoms with Gasteiger partial charge in [0, 0.05) is 5.56 Å². The molecule has 8 heteroatoms. The number of halogens is 2. The van der Waals surface area contributed by atoms with Crippen LogP contribution in [0.3, 0.4) is 0 Å². The number of carbonyl (C=O) groups is 1. The summed E-state index contributed by atoms with van der Waals surface area (Å²) in [6.45, 7) is 1.46. The van der Waals surface area contributed by atoms with Crippen molar-refractivity contribution in [3.8, 4) is 0 Å². The second-order valence-corrected chi connectivity index (χ2v) is 6.54. The molecule has 5 nitrogen and oxygen atoms in total. The topological polar surface area (TPSA) is 83.5 Å². The highest BCUT2D eigenvalue weighted by Gasteiger charge is 2.29. The highest BCUT2D eigenvalue weighted by Crippen LogP contribution is 2.21. The molecule has 0 amide bonds. The maximum absolute atomic E-state index is 13.7. The molecule has 23 heavy (non-hydrogen) atoms. The minimum atomic E-state index is -4.35. The summed E-state index contributed by atoms with van der Waals surface area (Å²) < 4.78 is 53.6. The highest BCUT2D eigenvalue weighted by molar-refractivity contribution is 7.89. The number of aliphatic carboxylic acids is 1. The van der Waals surface area contributed by atoms with Gasteiger partial charge in [0.1, 0.15) is 17.7 Å². The van der Waals surface area contributed by atoms with Crippen LogP contribution < -0.4 is 4.72 Å². The number of carboxylic acid groups (broad SMARTS) is 1. The first-order chi connectivity index (χ1) is 10.7. The summed E-state index contributed by atoms with van der Waals surface area (Å²) >= 11 is 0. The van der Waals surface area contributed by atoms with Gasteiger partial charge in [0.05, 0.1) is 4.90 Å². The Morgan fingerprint density at radius 1 is 1.13 bits per heavy atom. The third kappa shape index (κ3) is 3.72. The molecule has 0 aromatic heterocycles. The Labute approximate surface area is 131 Å². The Balaban J connectivity index is 2.41. The van der Waals surface area contributed by atoms with E-state index in [0.29, 0.717) is 0 Å². The van der Waals surface area contributed by atoms with Crippen LogP contribution in [0.25, 0.3) is 0 Å². The summed E-state index contributed by atoms with van der Waals surface area (Å²) in [5.74, 6) is -3.19. The monoisotopic (exact) mass is 341 g/mol. The van der Waals surface area contributed by atoms with E-state index >= 15 is 0 Å². The smallest absolute Gasteiger partial charge is 0.326 e. The lowest BCUT2D eigenvalue weighted by atomic mass is 10.1. The number of nitrogens with one attached hydrogen (secondary N) is 1. The van der Waals surface area contributed by atoms with Crippen LogP contribution >= 0.6 is 0 Å². The second kappa shape index (κ2) is 6.43. The summed E-state index contributed by atoms with van der Waals surface area (Å²) in [4.78, 5) is 10.9. The summed E-state index contributed by atoms with van der Waals surface area (Å²) in [5, 5.41) is 9.19. The van der Waals surface area contributed by atoms with Gasteiger partial charge in [-0.25, -0.2) is 17.2 Å². The van der Waals surface area contributed by atoms with Crippen molar-refractivity contribution in [3.05, 3.63) is 65.2 Å². The number of carboxylic acids is 1. The molecule has 2 aromatic rings. The third-order valence-electron chi connectivity index (χ3n) is 3.19. The fourth-order valence-electron chi connectivity index (χ4n) is 1.92. The average Bonchev–Trinajstić information content (AvgIpc) is 2.48. The standard InChI is InChI=1S/C15H13F2NO4S/c1-9-6-7-10(8-13(9)17)23(21,22)18-14(15(19)20)11-4-2-3-5-12(11)16/h2-8,14,18H,1H3,(H,19,20). The van der Waals surface area contributed by atoms with Crippen LogP contribution in [0.15, 0.2) is 47.4 Å². The van der Waals surface area contributed by atoms with E-state index in [1.165, 1.54) is 25.1 Å². The second-order valence-electron chi connectivity index (χ2n) is 4.83. The predicted octanol–water partition coefficient (Wildman–Crippen LogP) is 2.38. The van der Waals surface area contributed by atoms with Crippen LogP contribution in [0.4, 0.5) is 8.78 Å². The molecule has 0 heterocycles. The molecular weight excluding hydrogens is 328 g/mol. The van der Waals surface area contributed by atoms with E-state index < -0.39 is 38.6 Å². The van der Waals surface area contributed by atoms with Crippen molar-refractivity contribution in [2.75, 3.05) is 0 Å². The van der Waals surface area contributed by atoms with Gasteiger partial charge >= 0.3 is 5.97 Å². The number of sulfonamides is 1. The molecule has 0 aliphatic rings. The molecule has 122 valence electrons. The molecule has 0 aliphatic heterocycles. The van der Waals surface area contributed by atoms with Gasteiger partial charge < -0.3 is 5.11 Å². The number of rotatable bonds is 5. The summed E-state index contributed by atoms with van der Waals surface area (Å²) in [6.07, 6.45) is 0. The molecule has 1 atom stereocenters. The first-order valence-corrected chi connectivity index (χ1v) is 7.96. The molecule has 1 unspecified atom stereocenters. The summed E-state index contributed by atoms with van der Waals surface area (Å²) in [5.41, 5.74) is -0.0935. The van der Waals surface area contributed by atoms with Crippen molar-refractivity contribution in [1.29, 1.82) is 0 Å². The summed E-state index contributed by atoms with van der Waals surface area (Å²) in [6, 6.07) is 6.25. The van der Waals surface area contributed by atoms with E-state index in [9.17, 15) is 27.1 Å². The summed E-state index contributed by atoms with van der Waals surface area (Å²) in [7, 11) is -4.35. The fraction of sp³-hybridized carbons (Fsp3) is 0.133. The normalized spacial score (nSPS) is 12.8. The van der Waals surface area contributed by atoms with Gasteiger partial charge in [-0.3, -0.25) is 4.79 Å². The Hall–Kier alpha value is -2.32. The molecule has 2 N–H and O–H groups in total. The van der Waals surface area contributed by atoms with Crippen molar-refractivity contribution in [1.82, 2.24) is 4.72 Å². The molecule has 0 aliphatic carbocycles. The molecule has 0 radical (unpaired) electrons. The Morgan fingerprint density at radius 2 is 1.78 bits per heavy atom. The molecule has 0 spiro atoms. The third-order valence-corrected chi connectivity index (χ3v) is 4.61. The lowest BCUT2D eigenvalue weighted by molar-refractivity contribution is -0.139. The molecular formula is C15H13F2NO4S. The highest BCUT2D eigenvalue weighted by atomic mass is 32.2. The Bertz CT molecular complexity index is 852. The van der Waals surface area contributed by atoms with Gasteiger partial charge in [-0.15, -0.1) is 0 Å². The van der Waals surface area contributed by atoms with Crippen molar-refractivity contribution < 1.29 is 27.1 Å². The zero-order chi connectivity index (χ0) is 17.2. The van der Waals surface area contributed by atoms with Gasteiger partial charge in [0.2, 0.25) is 10.0 Å². The van der Waals surface area contributed by atoms with Crippen molar-refractivity contribution in [3.63, 3.8) is 0 Å². The van der Waals surface area contributed by atoms with Gasteiger partial charge in [-0.1, -0.05) is 24.3 Å². The van der Waals surface area contributed by atoms with E-state index in [0.717, 1.165) is 24.3 Å². The van der Waals surface area contributed by atoms with Crippen LogP contribution in [0.5, 0.6) is 0 Å². The molecule has 2 aromatic carbocycles. The van der Waals surface area contributed by atoms with E-state index in [1.807, 2.05) is 4.72 Å². The van der Waals surface area contributed by atoms with Crippen molar-refractivity contribution in [2.45, 2.75) is 17.9 Å². The zero-order valence-corrected chi connectivity index (χ0v) is 12.8. The van der Waals surface area contributed by atoms with Crippen molar-refractivity contribution in [2.24, 2.45) is 0 Å². The minimum absolute atomic E-state index is 0.243. The van der Waals surface area contributed by atoms with Gasteiger partial charge in [0.15, 0.2) is 0 Å². The first-order valence-electron chi connectivity index (χ1n) is 6.48. The zero-order valence-electron chi connectivity index (χ0n) is 12.0. The molecule has 0 saturated carbocycles. The van der Waals surface area contributed by atoms with E-state index in [-0.39, 0.29) is 11.1 Å². The van der Waals surface area contributed by atoms with Crippen LogP contribution in [-0.4, -0.2) is 19.5 Å². The lowest BCUT2D eigenvalue weighted by Crippen LogP contribution is -2.34. The minimum Gasteiger partial charge on any atom is -0.480 e. The number of hydrogen-bond donors (Lipinski definition) is 2. The molecule has 2 rings (SSSR count). The van der Waals surface area contributed by atoms with E-state index in [1.54, 1.807) is 0 Å². The first kappa shape index (κ1) is 17.0. The number of aryl methyl sites for hydroxylation is 1. The average molecular weight is 341 g/mol. The lowest BCUT2D eigenvalue weighted by Gasteiger charge is -2.16. The Kier molecular flexibility index (Phi) is 4.76. The molecule has 0 fully saturated rings. The maximum atomic E-state index is 13.7. The molecule has 0 saturated heterocycles. The molecule has 0 bridgehead atoms. The SMILES string of the molecule is Cc1ccc(S(=O)(=O)NC(C(=O)O)c2ccccc2F)cc1F. The van der Waals surface area contributed by atoms with Crippen LogP contribution in [0, 0.1) is 18.6 Å². The number of benzene rings is 2. The predicted molar refractivity (Wildman–Crippen MR) is 78.2 cm³/mol. The van der Waals surface area contributed by atoms with Gasteiger partial charge in [-0.2, -0.15) is 4.72 Å². The maximum Gasteiger partial charge on any atom is 0.326 e. The van der Waals surface area contributed by atoms with Crippen LogP contribution in [0.2, 0.25) is 0 Å². The van der Waals surface area contributed by atoms with Crippen molar-refractivity contribution >= 4 is 16.0 Å². The quantitative estimate of drug-likeness (QED) is 0.875. The Morgan fingerprint density at radius 3 is 2.35 bits per heavy atom. The largest absolute Gasteiger partial charge is 0.480 e. The van der Waals surface area contributed by atoms with Gasteiger partial charge in [0.25, 0.3) is 0 Å². The van der Waals surface area contributed by atoms with E-state index in [2.05, 4.69) is 0 Å².